The molecule has 0 fully saturated rings. The smallest absolute Gasteiger partial charge is 0.151 e. The quantitative estimate of drug-likeness (QED) is 0.636. The average molecular weight is 162 g/mol. The predicted octanol–water partition coefficient (Wildman–Crippen LogP) is 1.87. The Morgan fingerprint density at radius 3 is 2.50 bits per heavy atom. The fourth-order valence-corrected chi connectivity index (χ4v) is 1.19. The number of carbonyl (C=O) groups is 2. The minimum atomic E-state index is 0.476. The lowest BCUT2D eigenvalue weighted by molar-refractivity contribution is 0.109. The third-order valence-electron chi connectivity index (χ3n) is 1.86. The standard InChI is InChI=1S/C10H10O2/c1-2-8-4-3-5-9(6-11)10(8)7-12/h3-7H,2H2,1H3. The summed E-state index contributed by atoms with van der Waals surface area (Å²) >= 11 is 0. The van der Waals surface area contributed by atoms with Gasteiger partial charge in [-0.25, -0.2) is 0 Å². The van der Waals surface area contributed by atoms with Crippen LogP contribution >= 0.6 is 0 Å². The van der Waals surface area contributed by atoms with E-state index in [-0.39, 0.29) is 0 Å². The number of carbonyl (C=O) groups excluding carboxylic acids is 2. The van der Waals surface area contributed by atoms with Gasteiger partial charge in [0.05, 0.1) is 0 Å². The van der Waals surface area contributed by atoms with Crippen LogP contribution in [0.3, 0.4) is 0 Å². The summed E-state index contributed by atoms with van der Waals surface area (Å²) in [5, 5.41) is 0. The Kier molecular flexibility index (Phi) is 2.75. The summed E-state index contributed by atoms with van der Waals surface area (Å²) in [6.45, 7) is 1.96. The molecule has 0 heterocycles. The first kappa shape index (κ1) is 8.65. The highest BCUT2D eigenvalue weighted by molar-refractivity contribution is 5.91. The largest absolute Gasteiger partial charge is 0.298 e. The SMILES string of the molecule is CCc1cccc(C=O)c1C=O. The van der Waals surface area contributed by atoms with Gasteiger partial charge in [0.1, 0.15) is 0 Å². The molecule has 0 saturated carbocycles. The molecule has 0 radical (unpaired) electrons. The van der Waals surface area contributed by atoms with Gasteiger partial charge in [0.25, 0.3) is 0 Å². The fraction of sp³-hybridized carbons (Fsp3) is 0.200. The van der Waals surface area contributed by atoms with E-state index in [1.54, 1.807) is 12.1 Å². The van der Waals surface area contributed by atoms with Gasteiger partial charge < -0.3 is 0 Å². The normalized spacial score (nSPS) is 9.42. The van der Waals surface area contributed by atoms with Crippen molar-refractivity contribution in [3.05, 3.63) is 34.9 Å². The molecule has 1 aromatic carbocycles. The third kappa shape index (κ3) is 1.42. The molecule has 0 aliphatic rings. The Bertz CT molecular complexity index is 303. The number of aldehydes is 2. The van der Waals surface area contributed by atoms with E-state index in [9.17, 15) is 9.59 Å². The number of hydrogen-bond donors (Lipinski definition) is 0. The zero-order chi connectivity index (χ0) is 8.97. The lowest BCUT2D eigenvalue weighted by Crippen LogP contribution is -1.96. The van der Waals surface area contributed by atoms with E-state index in [1.165, 1.54) is 0 Å². The van der Waals surface area contributed by atoms with Crippen LogP contribution in [0.2, 0.25) is 0 Å². The van der Waals surface area contributed by atoms with E-state index < -0.39 is 0 Å². The Balaban J connectivity index is 3.31. The van der Waals surface area contributed by atoms with Gasteiger partial charge in [0.15, 0.2) is 12.6 Å². The zero-order valence-corrected chi connectivity index (χ0v) is 6.91. The van der Waals surface area contributed by atoms with Crippen molar-refractivity contribution in [3.8, 4) is 0 Å². The van der Waals surface area contributed by atoms with Gasteiger partial charge in [0, 0.05) is 11.1 Å². The van der Waals surface area contributed by atoms with Gasteiger partial charge in [-0.15, -0.1) is 0 Å². The molecule has 0 aromatic heterocycles. The first-order valence-corrected chi connectivity index (χ1v) is 3.85. The van der Waals surface area contributed by atoms with Crippen LogP contribution in [-0.4, -0.2) is 12.6 Å². The Labute approximate surface area is 71.2 Å². The van der Waals surface area contributed by atoms with E-state index >= 15 is 0 Å². The maximum absolute atomic E-state index is 10.6. The highest BCUT2D eigenvalue weighted by Gasteiger charge is 2.03. The van der Waals surface area contributed by atoms with Crippen LogP contribution in [0.15, 0.2) is 18.2 Å². The van der Waals surface area contributed by atoms with Crippen LogP contribution < -0.4 is 0 Å². The Morgan fingerprint density at radius 2 is 2.00 bits per heavy atom. The zero-order valence-electron chi connectivity index (χ0n) is 6.91. The molecule has 1 aromatic rings. The van der Waals surface area contributed by atoms with Crippen LogP contribution in [0.5, 0.6) is 0 Å². The van der Waals surface area contributed by atoms with Gasteiger partial charge in [-0.05, 0) is 12.0 Å². The number of aryl methyl sites for hydroxylation is 1. The molecule has 0 aliphatic carbocycles. The molecule has 2 heteroatoms. The molecule has 0 amide bonds. The monoisotopic (exact) mass is 162 g/mol. The van der Waals surface area contributed by atoms with Gasteiger partial charge in [-0.2, -0.15) is 0 Å². The minimum Gasteiger partial charge on any atom is -0.298 e. The van der Waals surface area contributed by atoms with Crippen LogP contribution in [0.4, 0.5) is 0 Å². The molecule has 0 aliphatic heterocycles. The van der Waals surface area contributed by atoms with Gasteiger partial charge in [0.2, 0.25) is 0 Å². The summed E-state index contributed by atoms with van der Waals surface area (Å²) in [5.41, 5.74) is 1.92. The first-order valence-electron chi connectivity index (χ1n) is 3.85. The second-order valence-electron chi connectivity index (χ2n) is 2.51. The molecular weight excluding hydrogens is 152 g/mol. The average Bonchev–Trinajstić information content (AvgIpc) is 2.16. The molecule has 0 spiro atoms. The predicted molar refractivity (Wildman–Crippen MR) is 46.6 cm³/mol. The highest BCUT2D eigenvalue weighted by Crippen LogP contribution is 2.11. The highest BCUT2D eigenvalue weighted by atomic mass is 16.1. The summed E-state index contributed by atoms with van der Waals surface area (Å²) < 4.78 is 0. The van der Waals surface area contributed by atoms with E-state index in [0.717, 1.165) is 18.3 Å². The van der Waals surface area contributed by atoms with Crippen molar-refractivity contribution < 1.29 is 9.59 Å². The van der Waals surface area contributed by atoms with Gasteiger partial charge in [-0.3, -0.25) is 9.59 Å². The lowest BCUT2D eigenvalue weighted by atomic mass is 10.0. The maximum atomic E-state index is 10.6. The summed E-state index contributed by atoms with van der Waals surface area (Å²) in [6.07, 6.45) is 2.22. The minimum absolute atomic E-state index is 0.476. The van der Waals surface area contributed by atoms with Gasteiger partial charge in [-0.1, -0.05) is 25.1 Å². The molecule has 2 nitrogen and oxygen atoms in total. The van der Waals surface area contributed by atoms with Crippen LogP contribution in [0, 0.1) is 0 Å². The van der Waals surface area contributed by atoms with Crippen LogP contribution in [0.1, 0.15) is 33.2 Å². The molecule has 0 bridgehead atoms. The number of benzene rings is 1. The van der Waals surface area contributed by atoms with E-state index in [1.807, 2.05) is 13.0 Å². The molecule has 62 valence electrons. The maximum Gasteiger partial charge on any atom is 0.151 e. The van der Waals surface area contributed by atoms with Crippen molar-refractivity contribution in [3.63, 3.8) is 0 Å². The molecule has 0 saturated heterocycles. The van der Waals surface area contributed by atoms with E-state index in [0.29, 0.717) is 17.4 Å². The number of hydrogen-bond acceptors (Lipinski definition) is 2. The number of rotatable bonds is 3. The second-order valence-corrected chi connectivity index (χ2v) is 2.51. The second kappa shape index (κ2) is 3.81. The van der Waals surface area contributed by atoms with Crippen molar-refractivity contribution in [2.24, 2.45) is 0 Å². The summed E-state index contributed by atoms with van der Waals surface area (Å²) in [5.74, 6) is 0. The van der Waals surface area contributed by atoms with Crippen molar-refractivity contribution in [2.45, 2.75) is 13.3 Å². The Morgan fingerprint density at radius 1 is 1.25 bits per heavy atom. The lowest BCUT2D eigenvalue weighted by Gasteiger charge is -2.02. The van der Waals surface area contributed by atoms with Crippen molar-refractivity contribution in [2.75, 3.05) is 0 Å². The molecular formula is C10H10O2. The van der Waals surface area contributed by atoms with Gasteiger partial charge >= 0.3 is 0 Å². The van der Waals surface area contributed by atoms with Crippen LogP contribution in [0.25, 0.3) is 0 Å². The molecule has 12 heavy (non-hydrogen) atoms. The van der Waals surface area contributed by atoms with Crippen molar-refractivity contribution >= 4 is 12.6 Å². The summed E-state index contributed by atoms with van der Waals surface area (Å²) in [7, 11) is 0. The van der Waals surface area contributed by atoms with Crippen molar-refractivity contribution in [1.82, 2.24) is 0 Å². The van der Waals surface area contributed by atoms with Crippen LogP contribution in [-0.2, 0) is 6.42 Å². The van der Waals surface area contributed by atoms with Crippen molar-refractivity contribution in [1.29, 1.82) is 0 Å². The Hall–Kier alpha value is -1.44. The molecule has 0 unspecified atom stereocenters. The topological polar surface area (TPSA) is 34.1 Å². The van der Waals surface area contributed by atoms with E-state index in [2.05, 4.69) is 0 Å². The summed E-state index contributed by atoms with van der Waals surface area (Å²) in [4.78, 5) is 21.1. The molecule has 0 atom stereocenters. The molecule has 1 rings (SSSR count). The third-order valence-corrected chi connectivity index (χ3v) is 1.86. The van der Waals surface area contributed by atoms with E-state index in [4.69, 9.17) is 0 Å². The fourth-order valence-electron chi connectivity index (χ4n) is 1.19. The molecule has 0 N–H and O–H groups in total. The summed E-state index contributed by atoms with van der Waals surface area (Å²) in [6, 6.07) is 5.29. The first-order chi connectivity index (χ1) is 5.83.